The average molecular weight is 245 g/mol. The fourth-order valence-electron chi connectivity index (χ4n) is 3.05. The topological polar surface area (TPSA) is 12.0 Å². The first-order chi connectivity index (χ1) is 8.83. The van der Waals surface area contributed by atoms with Crippen molar-refractivity contribution in [2.75, 3.05) is 13.1 Å². The highest BCUT2D eigenvalue weighted by Crippen LogP contribution is 2.20. The first-order valence-electron chi connectivity index (χ1n) is 7.64. The minimum Gasteiger partial charge on any atom is -0.317 e. The number of nitrogens with one attached hydrogen (secondary N) is 1. The lowest BCUT2D eigenvalue weighted by atomic mass is 9.90. The van der Waals surface area contributed by atoms with Crippen molar-refractivity contribution in [1.82, 2.24) is 5.32 Å². The summed E-state index contributed by atoms with van der Waals surface area (Å²) in [5.41, 5.74) is 4.63. The molecule has 1 heterocycles. The number of benzene rings is 1. The van der Waals surface area contributed by atoms with E-state index in [9.17, 15) is 0 Å². The van der Waals surface area contributed by atoms with E-state index in [4.69, 9.17) is 0 Å². The van der Waals surface area contributed by atoms with Gasteiger partial charge in [-0.2, -0.15) is 0 Å². The second-order valence-electron chi connectivity index (χ2n) is 5.54. The zero-order valence-corrected chi connectivity index (χ0v) is 12.0. The van der Waals surface area contributed by atoms with Crippen LogP contribution in [0.2, 0.25) is 0 Å². The first-order valence-corrected chi connectivity index (χ1v) is 7.64. The van der Waals surface area contributed by atoms with Crippen LogP contribution in [0.4, 0.5) is 0 Å². The van der Waals surface area contributed by atoms with E-state index in [0.717, 1.165) is 12.3 Å². The average Bonchev–Trinajstić information content (AvgIpc) is 2.45. The largest absolute Gasteiger partial charge is 0.317 e. The molecule has 0 saturated carbocycles. The number of rotatable bonds is 5. The van der Waals surface area contributed by atoms with Gasteiger partial charge in [0.05, 0.1) is 0 Å². The Labute approximate surface area is 112 Å². The molecule has 1 aliphatic heterocycles. The summed E-state index contributed by atoms with van der Waals surface area (Å²) in [7, 11) is 0. The van der Waals surface area contributed by atoms with Gasteiger partial charge >= 0.3 is 0 Å². The van der Waals surface area contributed by atoms with Crippen molar-refractivity contribution in [2.24, 2.45) is 5.92 Å². The lowest BCUT2D eigenvalue weighted by Crippen LogP contribution is -2.27. The van der Waals surface area contributed by atoms with Crippen molar-refractivity contribution < 1.29 is 0 Å². The van der Waals surface area contributed by atoms with Gasteiger partial charge in [0, 0.05) is 0 Å². The Kier molecular flexibility index (Phi) is 5.25. The maximum absolute atomic E-state index is 3.45. The smallest absolute Gasteiger partial charge is 0.00463 e. The van der Waals surface area contributed by atoms with Gasteiger partial charge in [0.2, 0.25) is 0 Å². The molecule has 0 spiro atoms. The summed E-state index contributed by atoms with van der Waals surface area (Å²) in [5.74, 6) is 0.946. The molecule has 0 radical (unpaired) electrons. The Hall–Kier alpha value is -0.820. The molecule has 0 unspecified atom stereocenters. The van der Waals surface area contributed by atoms with Gasteiger partial charge in [-0.05, 0) is 74.2 Å². The van der Waals surface area contributed by atoms with E-state index in [0.29, 0.717) is 0 Å². The molecule has 1 aromatic carbocycles. The predicted octanol–water partition coefficient (Wildman–Crippen LogP) is 3.74. The summed E-state index contributed by atoms with van der Waals surface area (Å²) in [5, 5.41) is 3.45. The molecule has 1 aliphatic rings. The second-order valence-corrected chi connectivity index (χ2v) is 5.54. The van der Waals surface area contributed by atoms with E-state index in [1.165, 1.54) is 50.8 Å². The maximum Gasteiger partial charge on any atom is -0.00463 e. The fourth-order valence-corrected chi connectivity index (χ4v) is 3.05. The van der Waals surface area contributed by atoms with Gasteiger partial charge in [0.1, 0.15) is 0 Å². The van der Waals surface area contributed by atoms with Gasteiger partial charge in [-0.1, -0.05) is 32.0 Å². The molecule has 1 heteroatoms. The first kappa shape index (κ1) is 13.6. The maximum atomic E-state index is 3.45. The Morgan fingerprint density at radius 1 is 1.06 bits per heavy atom. The highest BCUT2D eigenvalue weighted by Gasteiger charge is 2.12. The zero-order valence-electron chi connectivity index (χ0n) is 12.0. The molecule has 1 aromatic rings. The molecule has 0 aromatic heterocycles. The summed E-state index contributed by atoms with van der Waals surface area (Å²) < 4.78 is 0. The lowest BCUT2D eigenvalue weighted by molar-refractivity contribution is 0.354. The Morgan fingerprint density at radius 2 is 1.78 bits per heavy atom. The van der Waals surface area contributed by atoms with E-state index in [1.807, 2.05) is 0 Å². The van der Waals surface area contributed by atoms with Gasteiger partial charge in [0.25, 0.3) is 0 Å². The molecule has 1 nitrogen and oxygen atoms in total. The monoisotopic (exact) mass is 245 g/mol. The van der Waals surface area contributed by atoms with Crippen LogP contribution in [0.15, 0.2) is 18.2 Å². The molecule has 100 valence electrons. The second kappa shape index (κ2) is 6.94. The molecule has 2 rings (SSSR count). The highest BCUT2D eigenvalue weighted by molar-refractivity contribution is 5.32. The molecule has 0 bridgehead atoms. The summed E-state index contributed by atoms with van der Waals surface area (Å²) in [6, 6.07) is 7.13. The van der Waals surface area contributed by atoms with Gasteiger partial charge in [0.15, 0.2) is 0 Å². The van der Waals surface area contributed by atoms with Crippen LogP contribution >= 0.6 is 0 Å². The number of hydrogen-bond acceptors (Lipinski definition) is 1. The zero-order chi connectivity index (χ0) is 12.8. The molecule has 1 saturated heterocycles. The van der Waals surface area contributed by atoms with Gasteiger partial charge < -0.3 is 5.32 Å². The van der Waals surface area contributed by atoms with Crippen LogP contribution in [-0.2, 0) is 19.3 Å². The fraction of sp³-hybridized carbons (Fsp3) is 0.647. The van der Waals surface area contributed by atoms with Crippen LogP contribution in [0.25, 0.3) is 0 Å². The van der Waals surface area contributed by atoms with Gasteiger partial charge in [-0.25, -0.2) is 0 Å². The normalized spacial score (nSPS) is 17.0. The molecule has 18 heavy (non-hydrogen) atoms. The van der Waals surface area contributed by atoms with Crippen LogP contribution in [0.5, 0.6) is 0 Å². The van der Waals surface area contributed by atoms with Crippen molar-refractivity contribution in [2.45, 2.75) is 52.4 Å². The quantitative estimate of drug-likeness (QED) is 0.833. The van der Waals surface area contributed by atoms with Crippen LogP contribution in [-0.4, -0.2) is 13.1 Å². The van der Waals surface area contributed by atoms with Crippen LogP contribution < -0.4 is 5.32 Å². The predicted molar refractivity (Wildman–Crippen MR) is 79.1 cm³/mol. The standard InChI is InChI=1S/C17H27N/c1-3-16-8-7-15(13-17(16)4-2)6-5-14-9-11-18-12-10-14/h7-8,13-14,18H,3-6,9-12H2,1-2H3. The minimum absolute atomic E-state index is 0.946. The van der Waals surface area contributed by atoms with Crippen molar-refractivity contribution in [1.29, 1.82) is 0 Å². The van der Waals surface area contributed by atoms with Crippen molar-refractivity contribution in [3.8, 4) is 0 Å². The lowest BCUT2D eigenvalue weighted by Gasteiger charge is -2.22. The molecule has 0 amide bonds. The number of piperidine rings is 1. The molecule has 1 fully saturated rings. The van der Waals surface area contributed by atoms with Crippen molar-refractivity contribution in [3.05, 3.63) is 34.9 Å². The van der Waals surface area contributed by atoms with E-state index in [1.54, 1.807) is 11.1 Å². The number of aryl methyl sites for hydroxylation is 3. The van der Waals surface area contributed by atoms with Crippen molar-refractivity contribution in [3.63, 3.8) is 0 Å². The third-order valence-electron chi connectivity index (χ3n) is 4.33. The summed E-state index contributed by atoms with van der Waals surface area (Å²) in [4.78, 5) is 0. The van der Waals surface area contributed by atoms with E-state index in [2.05, 4.69) is 37.4 Å². The number of hydrogen-bond donors (Lipinski definition) is 1. The highest BCUT2D eigenvalue weighted by atomic mass is 14.9. The molecular formula is C17H27N. The molecule has 0 aliphatic carbocycles. The molecular weight excluding hydrogens is 218 g/mol. The minimum atomic E-state index is 0.946. The van der Waals surface area contributed by atoms with Gasteiger partial charge in [-0.15, -0.1) is 0 Å². The Balaban J connectivity index is 1.92. The van der Waals surface area contributed by atoms with Crippen LogP contribution in [0, 0.1) is 5.92 Å². The summed E-state index contributed by atoms with van der Waals surface area (Å²) >= 11 is 0. The van der Waals surface area contributed by atoms with E-state index >= 15 is 0 Å². The van der Waals surface area contributed by atoms with Crippen LogP contribution in [0.1, 0.15) is 49.8 Å². The van der Waals surface area contributed by atoms with Gasteiger partial charge in [-0.3, -0.25) is 0 Å². The van der Waals surface area contributed by atoms with Crippen molar-refractivity contribution >= 4 is 0 Å². The summed E-state index contributed by atoms with van der Waals surface area (Å²) in [6.45, 7) is 6.97. The third-order valence-corrected chi connectivity index (χ3v) is 4.33. The van der Waals surface area contributed by atoms with Crippen LogP contribution in [0.3, 0.4) is 0 Å². The van der Waals surface area contributed by atoms with E-state index in [-0.39, 0.29) is 0 Å². The molecule has 0 atom stereocenters. The molecule has 1 N–H and O–H groups in total. The van der Waals surface area contributed by atoms with E-state index < -0.39 is 0 Å². The third kappa shape index (κ3) is 3.58. The Bertz CT molecular complexity index is 364. The summed E-state index contributed by atoms with van der Waals surface area (Å²) in [6.07, 6.45) is 7.71. The SMILES string of the molecule is CCc1ccc(CCC2CCNCC2)cc1CC. The Morgan fingerprint density at radius 3 is 2.44 bits per heavy atom.